The first-order chi connectivity index (χ1) is 14.7. The highest BCUT2D eigenvalue weighted by Gasteiger charge is 2.23. The largest absolute Gasteiger partial charge is 0.493 e. The van der Waals surface area contributed by atoms with E-state index in [2.05, 4.69) is 48.6 Å². The molecule has 1 aliphatic rings. The quantitative estimate of drug-likeness (QED) is 0.525. The van der Waals surface area contributed by atoms with E-state index in [0.717, 1.165) is 59.2 Å². The number of rotatable bonds is 5. The lowest BCUT2D eigenvalue weighted by Crippen LogP contribution is -2.42. The summed E-state index contributed by atoms with van der Waals surface area (Å²) in [5.74, 6) is 2.28. The molecule has 1 fully saturated rings. The Morgan fingerprint density at radius 1 is 1.10 bits per heavy atom. The van der Waals surface area contributed by atoms with E-state index in [0.29, 0.717) is 17.5 Å². The number of piperidine rings is 1. The normalized spacial score (nSPS) is 16.7. The molecule has 30 heavy (non-hydrogen) atoms. The highest BCUT2D eigenvalue weighted by atomic mass is 16.5. The third-order valence-electron chi connectivity index (χ3n) is 5.65. The predicted octanol–water partition coefficient (Wildman–Crippen LogP) is 3.60. The standard InChI is InChI=1S/C22H24N6O2/c1-29-20-9-17-19(10-21(20)30-2)23-13-24-22(17)28-7-3-4-16(12-28)26-15-5-6-18-14(8-15)11-25-27-18/h5-6,8-11,13,16,26H,3-4,7,12H2,1-2H3,(H,25,27). The van der Waals surface area contributed by atoms with Gasteiger partial charge in [0.15, 0.2) is 11.5 Å². The van der Waals surface area contributed by atoms with E-state index in [4.69, 9.17) is 9.47 Å². The lowest BCUT2D eigenvalue weighted by Gasteiger charge is -2.35. The maximum absolute atomic E-state index is 5.50. The molecule has 0 saturated carbocycles. The van der Waals surface area contributed by atoms with Crippen molar-refractivity contribution in [3.05, 3.63) is 42.9 Å². The number of fused-ring (bicyclic) bond motifs is 2. The van der Waals surface area contributed by atoms with E-state index < -0.39 is 0 Å². The molecule has 3 heterocycles. The molecule has 0 amide bonds. The van der Waals surface area contributed by atoms with E-state index >= 15 is 0 Å². The van der Waals surface area contributed by atoms with Crippen LogP contribution in [0.2, 0.25) is 0 Å². The number of ether oxygens (including phenoxy) is 2. The number of nitrogens with one attached hydrogen (secondary N) is 2. The van der Waals surface area contributed by atoms with Crippen molar-refractivity contribution in [2.45, 2.75) is 18.9 Å². The summed E-state index contributed by atoms with van der Waals surface area (Å²) >= 11 is 0. The summed E-state index contributed by atoms with van der Waals surface area (Å²) in [6.07, 6.45) is 5.67. The van der Waals surface area contributed by atoms with Gasteiger partial charge < -0.3 is 19.7 Å². The van der Waals surface area contributed by atoms with Gasteiger partial charge in [-0.3, -0.25) is 5.10 Å². The first kappa shape index (κ1) is 18.5. The monoisotopic (exact) mass is 404 g/mol. The molecular weight excluding hydrogens is 380 g/mol. The highest BCUT2D eigenvalue weighted by molar-refractivity contribution is 5.92. The Kier molecular flexibility index (Phi) is 4.74. The second-order valence-electron chi connectivity index (χ2n) is 7.52. The summed E-state index contributed by atoms with van der Waals surface area (Å²) in [5, 5.41) is 12.9. The van der Waals surface area contributed by atoms with Crippen LogP contribution in [0.25, 0.3) is 21.8 Å². The van der Waals surface area contributed by atoms with Gasteiger partial charge in [-0.1, -0.05) is 0 Å². The Hall–Kier alpha value is -3.55. The number of aromatic amines is 1. The number of benzene rings is 2. The Labute approximate surface area is 174 Å². The van der Waals surface area contributed by atoms with Crippen molar-refractivity contribution in [1.82, 2.24) is 20.2 Å². The Bertz CT molecular complexity index is 1190. The predicted molar refractivity (Wildman–Crippen MR) is 118 cm³/mol. The molecule has 0 radical (unpaired) electrons. The smallest absolute Gasteiger partial charge is 0.162 e. The zero-order chi connectivity index (χ0) is 20.5. The van der Waals surface area contributed by atoms with Crippen molar-refractivity contribution >= 4 is 33.3 Å². The van der Waals surface area contributed by atoms with Crippen LogP contribution in [-0.2, 0) is 0 Å². The fraction of sp³-hybridized carbons (Fsp3) is 0.318. The van der Waals surface area contributed by atoms with Gasteiger partial charge in [-0.25, -0.2) is 9.97 Å². The minimum Gasteiger partial charge on any atom is -0.493 e. The van der Waals surface area contributed by atoms with Gasteiger partial charge in [-0.2, -0.15) is 5.10 Å². The van der Waals surface area contributed by atoms with Gasteiger partial charge in [0.25, 0.3) is 0 Å². The molecule has 0 spiro atoms. The fourth-order valence-corrected chi connectivity index (χ4v) is 4.18. The minimum absolute atomic E-state index is 0.327. The van der Waals surface area contributed by atoms with Crippen LogP contribution in [0, 0.1) is 0 Å². The fourth-order valence-electron chi connectivity index (χ4n) is 4.18. The highest BCUT2D eigenvalue weighted by Crippen LogP contribution is 2.35. The number of aromatic nitrogens is 4. The van der Waals surface area contributed by atoms with E-state index in [-0.39, 0.29) is 0 Å². The van der Waals surface area contributed by atoms with Gasteiger partial charge in [0.2, 0.25) is 0 Å². The SMILES string of the molecule is COc1cc2ncnc(N3CCCC(Nc4ccc5[nH]ncc5c4)C3)c2cc1OC. The second-order valence-corrected chi connectivity index (χ2v) is 7.52. The van der Waals surface area contributed by atoms with Gasteiger partial charge in [-0.15, -0.1) is 0 Å². The summed E-state index contributed by atoms with van der Waals surface area (Å²) in [5.41, 5.74) is 3.00. The van der Waals surface area contributed by atoms with Crippen LogP contribution in [-0.4, -0.2) is 53.5 Å². The van der Waals surface area contributed by atoms with E-state index in [1.807, 2.05) is 18.3 Å². The first-order valence-corrected chi connectivity index (χ1v) is 10.1. The zero-order valence-corrected chi connectivity index (χ0v) is 17.1. The van der Waals surface area contributed by atoms with Crippen molar-refractivity contribution in [3.8, 4) is 11.5 Å². The molecule has 2 aromatic carbocycles. The molecular formula is C22H24N6O2. The molecule has 1 atom stereocenters. The maximum Gasteiger partial charge on any atom is 0.162 e. The van der Waals surface area contributed by atoms with Crippen LogP contribution in [0.5, 0.6) is 11.5 Å². The average Bonchev–Trinajstić information content (AvgIpc) is 3.25. The Balaban J connectivity index is 1.42. The lowest BCUT2D eigenvalue weighted by molar-refractivity contribution is 0.355. The maximum atomic E-state index is 5.50. The molecule has 1 saturated heterocycles. The zero-order valence-electron chi connectivity index (χ0n) is 17.1. The number of H-pyrrole nitrogens is 1. The summed E-state index contributed by atoms with van der Waals surface area (Å²) in [6, 6.07) is 10.5. The lowest BCUT2D eigenvalue weighted by atomic mass is 10.0. The van der Waals surface area contributed by atoms with E-state index in [9.17, 15) is 0 Å². The molecule has 8 nitrogen and oxygen atoms in total. The third kappa shape index (κ3) is 3.34. The molecule has 1 unspecified atom stereocenters. The number of nitrogens with zero attached hydrogens (tertiary/aromatic N) is 4. The van der Waals surface area contributed by atoms with Crippen molar-refractivity contribution < 1.29 is 9.47 Å². The van der Waals surface area contributed by atoms with Gasteiger partial charge in [0.05, 0.1) is 31.4 Å². The molecule has 5 rings (SSSR count). The van der Waals surface area contributed by atoms with Gasteiger partial charge >= 0.3 is 0 Å². The number of anilines is 2. The minimum atomic E-state index is 0.327. The van der Waals surface area contributed by atoms with Crippen molar-refractivity contribution in [2.24, 2.45) is 0 Å². The summed E-state index contributed by atoms with van der Waals surface area (Å²) in [7, 11) is 3.28. The van der Waals surface area contributed by atoms with Crippen LogP contribution in [0.4, 0.5) is 11.5 Å². The van der Waals surface area contributed by atoms with Crippen LogP contribution in [0.15, 0.2) is 42.9 Å². The third-order valence-corrected chi connectivity index (χ3v) is 5.65. The van der Waals surface area contributed by atoms with Crippen LogP contribution in [0.3, 0.4) is 0 Å². The Morgan fingerprint density at radius 3 is 2.83 bits per heavy atom. The molecule has 8 heteroatoms. The molecule has 1 aliphatic heterocycles. The van der Waals surface area contributed by atoms with Crippen molar-refractivity contribution in [1.29, 1.82) is 0 Å². The van der Waals surface area contributed by atoms with Crippen molar-refractivity contribution in [3.63, 3.8) is 0 Å². The van der Waals surface area contributed by atoms with Crippen molar-refractivity contribution in [2.75, 3.05) is 37.5 Å². The number of hydrogen-bond donors (Lipinski definition) is 2. The van der Waals surface area contributed by atoms with Crippen LogP contribution < -0.4 is 19.7 Å². The van der Waals surface area contributed by atoms with Crippen LogP contribution in [0.1, 0.15) is 12.8 Å². The first-order valence-electron chi connectivity index (χ1n) is 10.1. The second kappa shape index (κ2) is 7.70. The molecule has 2 aromatic heterocycles. The average molecular weight is 404 g/mol. The topological polar surface area (TPSA) is 88.2 Å². The van der Waals surface area contributed by atoms with Crippen LogP contribution >= 0.6 is 0 Å². The number of methoxy groups -OCH3 is 2. The summed E-state index contributed by atoms with van der Waals surface area (Å²) < 4.78 is 10.9. The molecule has 0 bridgehead atoms. The molecule has 2 N–H and O–H groups in total. The molecule has 0 aliphatic carbocycles. The molecule has 154 valence electrons. The summed E-state index contributed by atoms with van der Waals surface area (Å²) in [4.78, 5) is 11.4. The molecule has 4 aromatic rings. The van der Waals surface area contributed by atoms with E-state index in [1.54, 1.807) is 20.5 Å². The van der Waals surface area contributed by atoms with Gasteiger partial charge in [0, 0.05) is 41.7 Å². The van der Waals surface area contributed by atoms with E-state index in [1.165, 1.54) is 0 Å². The van der Waals surface area contributed by atoms with Gasteiger partial charge in [-0.05, 0) is 37.1 Å². The summed E-state index contributed by atoms with van der Waals surface area (Å²) in [6.45, 7) is 1.82. The number of hydrogen-bond acceptors (Lipinski definition) is 7. The Morgan fingerprint density at radius 2 is 1.97 bits per heavy atom. The van der Waals surface area contributed by atoms with Gasteiger partial charge in [0.1, 0.15) is 12.1 Å².